The predicted octanol–water partition coefficient (Wildman–Crippen LogP) is 4.89. The Labute approximate surface area is 289 Å². The minimum atomic E-state index is -0.918. The Bertz CT molecular complexity index is 1150. The number of nitrogens with zero attached hydrogens (tertiary/aromatic N) is 11. The SMILES string of the molecule is C.CCC(CO[N+](=O)[O-])Oc1nnc(Cl)nn1.CCC(O)CO[N+](=O)[O-].Cc1cc(C)nc(C)c1.ClCCl.Clc1nnc(Cl)nn1. The summed E-state index contributed by atoms with van der Waals surface area (Å²) < 4.78 is 5.13. The molecule has 19 nitrogen and oxygen atoms in total. The average molecular weight is 758 g/mol. The zero-order valence-electron chi connectivity index (χ0n) is 24.5. The van der Waals surface area contributed by atoms with Crippen LogP contribution in [-0.4, -0.2) is 91.8 Å². The zero-order chi connectivity index (χ0) is 34.8. The minimum absolute atomic E-state index is 0. The van der Waals surface area contributed by atoms with Gasteiger partial charge in [-0.05, 0) is 86.1 Å². The molecule has 0 spiro atoms. The van der Waals surface area contributed by atoms with Crippen molar-refractivity contribution in [1.82, 2.24) is 45.8 Å². The number of rotatable bonds is 10. The molecule has 0 saturated carbocycles. The first kappa shape index (κ1) is 47.1. The maximum atomic E-state index is 9.97. The molecule has 0 aliphatic carbocycles. The number of pyridine rings is 1. The molecular weight excluding hydrogens is 724 g/mol. The summed E-state index contributed by atoms with van der Waals surface area (Å²) in [7, 11) is 0. The maximum Gasteiger partial charge on any atom is 0.355 e. The van der Waals surface area contributed by atoms with Gasteiger partial charge in [-0.15, -0.1) is 74.0 Å². The number of aliphatic hydroxyl groups is 1. The number of aromatic nitrogens is 9. The third-order valence-corrected chi connectivity index (χ3v) is 4.48. The second-order valence-electron chi connectivity index (χ2n) is 7.67. The average Bonchev–Trinajstić information content (AvgIpc) is 2.97. The van der Waals surface area contributed by atoms with Gasteiger partial charge in [-0.1, -0.05) is 31.5 Å². The van der Waals surface area contributed by atoms with Gasteiger partial charge in [0, 0.05) is 11.4 Å². The number of ether oxygens (including phenoxy) is 1. The number of halogens is 5. The highest BCUT2D eigenvalue weighted by Gasteiger charge is 2.13. The van der Waals surface area contributed by atoms with Gasteiger partial charge in [-0.25, -0.2) is 0 Å². The van der Waals surface area contributed by atoms with Gasteiger partial charge >= 0.3 is 6.01 Å². The van der Waals surface area contributed by atoms with Gasteiger partial charge in [0.1, 0.15) is 19.3 Å². The van der Waals surface area contributed by atoms with Crippen molar-refractivity contribution >= 4 is 58.0 Å². The highest BCUT2D eigenvalue weighted by atomic mass is 35.5. The van der Waals surface area contributed by atoms with Crippen LogP contribution in [0.3, 0.4) is 0 Å². The van der Waals surface area contributed by atoms with Crippen LogP contribution in [0.5, 0.6) is 6.01 Å². The summed E-state index contributed by atoms with van der Waals surface area (Å²) in [6, 6.07) is 4.04. The molecule has 0 amide bonds. The van der Waals surface area contributed by atoms with E-state index in [0.717, 1.165) is 11.4 Å². The Morgan fingerprint density at radius 2 is 1.13 bits per heavy atom. The highest BCUT2D eigenvalue weighted by molar-refractivity contribution is 6.40. The van der Waals surface area contributed by atoms with Crippen LogP contribution >= 0.6 is 58.0 Å². The van der Waals surface area contributed by atoms with Crippen LogP contribution < -0.4 is 4.74 Å². The lowest BCUT2D eigenvalue weighted by atomic mass is 10.2. The zero-order valence-corrected chi connectivity index (χ0v) is 28.2. The smallest absolute Gasteiger partial charge is 0.355 e. The summed E-state index contributed by atoms with van der Waals surface area (Å²) in [6.07, 6.45) is -0.321. The van der Waals surface area contributed by atoms with E-state index in [1.807, 2.05) is 13.8 Å². The largest absolute Gasteiger partial charge is 0.456 e. The van der Waals surface area contributed by atoms with Crippen LogP contribution in [0.4, 0.5) is 0 Å². The van der Waals surface area contributed by atoms with E-state index < -0.39 is 22.4 Å². The predicted molar refractivity (Wildman–Crippen MR) is 169 cm³/mol. The molecule has 0 bridgehead atoms. The van der Waals surface area contributed by atoms with Crippen molar-refractivity contribution in [3.8, 4) is 6.01 Å². The first-order chi connectivity index (χ1) is 21.2. The Balaban J connectivity index is -0.000000537. The third kappa shape index (κ3) is 29.4. The lowest BCUT2D eigenvalue weighted by Gasteiger charge is -2.13. The van der Waals surface area contributed by atoms with Crippen LogP contribution in [0.15, 0.2) is 12.1 Å². The molecular formula is C22H34Cl5N11O8. The summed E-state index contributed by atoms with van der Waals surface area (Å²) in [5, 5.41) is 53.3. The van der Waals surface area contributed by atoms with Crippen LogP contribution in [0.1, 0.15) is 51.1 Å². The standard InChI is InChI=1S/C8H11N.C6H8ClN5O4.C4H9NO4.C2Cl2N4.CH2Cl2.CH4/c1-6-4-7(2)9-8(3)5-6;1-2-4(3-15-12(13)14)16-6-10-8-5(7)9-11-6;1-2-4(6)3-9-5(7)8;3-1-5-7-2(4)8-6-1;2-1-3;/h4-5H,1-3H3;4H,2-3H2,1H3;4,6H,2-3H2,1H3;;1H2;1H4. The molecule has 2 atom stereocenters. The highest BCUT2D eigenvalue weighted by Crippen LogP contribution is 2.06. The van der Waals surface area contributed by atoms with E-state index in [0.29, 0.717) is 12.8 Å². The lowest BCUT2D eigenvalue weighted by Crippen LogP contribution is -2.25. The Morgan fingerprint density at radius 3 is 1.46 bits per heavy atom. The molecule has 2 unspecified atom stereocenters. The summed E-state index contributed by atoms with van der Waals surface area (Å²) in [4.78, 5) is 31.7. The first-order valence-electron chi connectivity index (χ1n) is 12.2. The monoisotopic (exact) mass is 755 g/mol. The molecule has 46 heavy (non-hydrogen) atoms. The molecule has 3 rings (SSSR count). The molecule has 3 aromatic rings. The molecule has 0 aliphatic heterocycles. The van der Waals surface area contributed by atoms with Gasteiger partial charge in [0.05, 0.1) is 11.4 Å². The fourth-order valence-corrected chi connectivity index (χ4v) is 2.52. The topological polar surface area (TPSA) is 250 Å². The fourth-order valence-electron chi connectivity index (χ4n) is 2.30. The van der Waals surface area contributed by atoms with Crippen LogP contribution in [-0.2, 0) is 9.68 Å². The number of aryl methyl sites for hydroxylation is 3. The van der Waals surface area contributed by atoms with Crippen LogP contribution in [0.2, 0.25) is 15.9 Å². The van der Waals surface area contributed by atoms with Gasteiger partial charge < -0.3 is 19.5 Å². The molecule has 3 heterocycles. The second kappa shape index (κ2) is 29.1. The summed E-state index contributed by atoms with van der Waals surface area (Å²) >= 11 is 25.3. The van der Waals surface area contributed by atoms with E-state index in [1.54, 1.807) is 13.8 Å². The second-order valence-corrected chi connectivity index (χ2v) is 9.49. The fraction of sp³-hybridized carbons (Fsp3) is 0.591. The van der Waals surface area contributed by atoms with Gasteiger partial charge in [0.15, 0.2) is 0 Å². The van der Waals surface area contributed by atoms with Crippen molar-refractivity contribution in [2.24, 2.45) is 0 Å². The van der Waals surface area contributed by atoms with E-state index >= 15 is 0 Å². The van der Waals surface area contributed by atoms with Crippen LogP contribution in [0.25, 0.3) is 0 Å². The lowest BCUT2D eigenvalue weighted by molar-refractivity contribution is -0.759. The molecule has 24 heteroatoms. The number of alkyl halides is 2. The van der Waals surface area contributed by atoms with Crippen LogP contribution in [0, 0.1) is 41.0 Å². The number of hydrogen-bond acceptors (Lipinski definition) is 17. The van der Waals surface area contributed by atoms with Crippen molar-refractivity contribution in [2.75, 3.05) is 18.6 Å². The van der Waals surface area contributed by atoms with Gasteiger partial charge in [-0.3, -0.25) is 4.98 Å². The molecule has 260 valence electrons. The summed E-state index contributed by atoms with van der Waals surface area (Å²) in [5.74, 6) is 0. The molecule has 0 radical (unpaired) electrons. The quantitative estimate of drug-likeness (QED) is 0.164. The van der Waals surface area contributed by atoms with Gasteiger partial charge in [-0.2, -0.15) is 0 Å². The Kier molecular flexibility index (Phi) is 29.7. The van der Waals surface area contributed by atoms with Gasteiger partial charge in [0.2, 0.25) is 0 Å². The maximum absolute atomic E-state index is 9.97. The van der Waals surface area contributed by atoms with Crippen molar-refractivity contribution < 1.29 is 29.7 Å². The van der Waals surface area contributed by atoms with Crippen molar-refractivity contribution in [1.29, 1.82) is 0 Å². The van der Waals surface area contributed by atoms with Gasteiger partial charge in [0.25, 0.3) is 26.0 Å². The summed E-state index contributed by atoms with van der Waals surface area (Å²) in [6.45, 7) is 9.15. The third-order valence-electron chi connectivity index (χ3n) is 4.03. The number of aliphatic hydroxyl groups excluding tert-OH is 1. The van der Waals surface area contributed by atoms with Crippen molar-refractivity contribution in [2.45, 2.75) is 67.1 Å². The molecule has 0 aromatic carbocycles. The van der Waals surface area contributed by atoms with E-state index in [4.69, 9.17) is 67.8 Å². The number of hydrogen-bond donors (Lipinski definition) is 1. The molecule has 1 N–H and O–H groups in total. The Hall–Kier alpha value is -3.36. The van der Waals surface area contributed by atoms with E-state index in [1.165, 1.54) is 5.56 Å². The minimum Gasteiger partial charge on any atom is -0.456 e. The normalized spacial score (nSPS) is 10.5. The molecule has 0 saturated heterocycles. The van der Waals surface area contributed by atoms with Crippen molar-refractivity contribution in [3.05, 3.63) is 65.2 Å². The molecule has 0 aliphatic rings. The van der Waals surface area contributed by atoms with E-state index in [9.17, 15) is 20.2 Å². The van der Waals surface area contributed by atoms with E-state index in [2.05, 4.69) is 74.5 Å². The van der Waals surface area contributed by atoms with E-state index in [-0.39, 0.29) is 47.8 Å². The Morgan fingerprint density at radius 1 is 0.761 bits per heavy atom. The first-order valence-corrected chi connectivity index (χ1v) is 14.4. The molecule has 3 aromatic heterocycles. The molecule has 0 fully saturated rings. The van der Waals surface area contributed by atoms with Crippen molar-refractivity contribution in [3.63, 3.8) is 0 Å². The summed E-state index contributed by atoms with van der Waals surface area (Å²) in [5.41, 5.74) is 3.50.